The minimum atomic E-state index is 0.680. The van der Waals surface area contributed by atoms with Crippen LogP contribution in [0.1, 0.15) is 37.9 Å². The Morgan fingerprint density at radius 3 is 2.83 bits per heavy atom. The van der Waals surface area contributed by atoms with E-state index in [1.54, 1.807) is 0 Å². The Kier molecular flexibility index (Phi) is 3.61. The molecule has 0 unspecified atom stereocenters. The van der Waals surface area contributed by atoms with Gasteiger partial charge in [0.25, 0.3) is 0 Å². The molecule has 0 N–H and O–H groups in total. The molecule has 5 nitrogen and oxygen atoms in total. The second-order valence-corrected chi connectivity index (χ2v) is 5.35. The van der Waals surface area contributed by atoms with Gasteiger partial charge in [-0.15, -0.1) is 0 Å². The van der Waals surface area contributed by atoms with E-state index < -0.39 is 0 Å². The summed E-state index contributed by atoms with van der Waals surface area (Å²) in [5.74, 6) is 2.25. The van der Waals surface area contributed by atoms with Crippen LogP contribution in [0.25, 0.3) is 0 Å². The van der Waals surface area contributed by atoms with Gasteiger partial charge in [0.2, 0.25) is 5.89 Å². The molecule has 0 radical (unpaired) electrons. The normalized spacial score (nSPS) is 24.0. The standard InChI is InChI=1S/C13H21N3O2/c1-2-12-14-13(18-15-12)8-16(11-3-4-11)7-10-5-6-17-9-10/h10-11H,2-9H2,1H3/t10-/m0/s1. The van der Waals surface area contributed by atoms with E-state index in [-0.39, 0.29) is 0 Å². The number of rotatable bonds is 6. The monoisotopic (exact) mass is 251 g/mol. The zero-order valence-corrected chi connectivity index (χ0v) is 11.0. The molecule has 3 rings (SSSR count). The Morgan fingerprint density at radius 2 is 2.22 bits per heavy atom. The van der Waals surface area contributed by atoms with Crippen molar-refractivity contribution in [1.82, 2.24) is 15.0 Å². The van der Waals surface area contributed by atoms with Crippen LogP contribution in [0.3, 0.4) is 0 Å². The van der Waals surface area contributed by atoms with E-state index in [1.165, 1.54) is 19.3 Å². The molecular formula is C13H21N3O2. The topological polar surface area (TPSA) is 51.4 Å². The van der Waals surface area contributed by atoms with Gasteiger partial charge in [0.05, 0.1) is 13.2 Å². The fraction of sp³-hybridized carbons (Fsp3) is 0.846. The molecule has 1 aromatic heterocycles. The number of aromatic nitrogens is 2. The van der Waals surface area contributed by atoms with Crippen LogP contribution in [0.15, 0.2) is 4.52 Å². The van der Waals surface area contributed by atoms with Gasteiger partial charge in [0.15, 0.2) is 5.82 Å². The fourth-order valence-corrected chi connectivity index (χ4v) is 2.51. The maximum atomic E-state index is 5.45. The molecule has 1 saturated carbocycles. The van der Waals surface area contributed by atoms with E-state index in [2.05, 4.69) is 15.0 Å². The quantitative estimate of drug-likeness (QED) is 0.769. The Morgan fingerprint density at radius 1 is 1.33 bits per heavy atom. The Balaban J connectivity index is 1.59. The molecule has 18 heavy (non-hydrogen) atoms. The maximum absolute atomic E-state index is 5.45. The lowest BCUT2D eigenvalue weighted by Gasteiger charge is -2.22. The van der Waals surface area contributed by atoms with Gasteiger partial charge >= 0.3 is 0 Å². The Hall–Kier alpha value is -0.940. The van der Waals surface area contributed by atoms with Crippen molar-refractivity contribution >= 4 is 0 Å². The van der Waals surface area contributed by atoms with Crippen molar-refractivity contribution in [3.05, 3.63) is 11.7 Å². The van der Waals surface area contributed by atoms with Crippen LogP contribution in [0.4, 0.5) is 0 Å². The summed E-state index contributed by atoms with van der Waals surface area (Å²) in [5, 5.41) is 3.96. The molecule has 2 fully saturated rings. The van der Waals surface area contributed by atoms with Gasteiger partial charge in [-0.3, -0.25) is 4.90 Å². The van der Waals surface area contributed by atoms with Crippen LogP contribution in [-0.2, 0) is 17.7 Å². The second kappa shape index (κ2) is 5.36. The SMILES string of the molecule is CCc1noc(CN(C[C@@H]2CCOC2)C2CC2)n1. The minimum Gasteiger partial charge on any atom is -0.381 e. The highest BCUT2D eigenvalue weighted by Gasteiger charge is 2.32. The molecule has 2 heterocycles. The smallest absolute Gasteiger partial charge is 0.240 e. The Bertz CT molecular complexity index is 383. The average Bonchev–Trinajstić information content (AvgIpc) is 2.92. The summed E-state index contributed by atoms with van der Waals surface area (Å²) in [7, 11) is 0. The van der Waals surface area contributed by atoms with Crippen molar-refractivity contribution < 1.29 is 9.26 Å². The first kappa shape index (κ1) is 12.1. The summed E-state index contributed by atoms with van der Waals surface area (Å²) in [6, 6.07) is 0.725. The summed E-state index contributed by atoms with van der Waals surface area (Å²) < 4.78 is 10.7. The van der Waals surface area contributed by atoms with Gasteiger partial charge in [0, 0.05) is 25.6 Å². The summed E-state index contributed by atoms with van der Waals surface area (Å²) in [5.41, 5.74) is 0. The van der Waals surface area contributed by atoms with Crippen LogP contribution in [0, 0.1) is 5.92 Å². The molecule has 0 aromatic carbocycles. The molecular weight excluding hydrogens is 230 g/mol. The van der Waals surface area contributed by atoms with E-state index >= 15 is 0 Å². The van der Waals surface area contributed by atoms with Gasteiger partial charge in [-0.1, -0.05) is 12.1 Å². The molecule has 1 saturated heterocycles. The lowest BCUT2D eigenvalue weighted by atomic mass is 10.1. The van der Waals surface area contributed by atoms with E-state index in [4.69, 9.17) is 9.26 Å². The fourth-order valence-electron chi connectivity index (χ4n) is 2.51. The third kappa shape index (κ3) is 2.90. The lowest BCUT2D eigenvalue weighted by Crippen LogP contribution is -2.31. The van der Waals surface area contributed by atoms with E-state index in [0.717, 1.165) is 50.5 Å². The lowest BCUT2D eigenvalue weighted by molar-refractivity contribution is 0.153. The number of hydrogen-bond acceptors (Lipinski definition) is 5. The highest BCUT2D eigenvalue weighted by molar-refractivity contribution is 4.91. The summed E-state index contributed by atoms with van der Waals surface area (Å²) in [6.07, 6.45) is 4.64. The predicted molar refractivity (Wildman–Crippen MR) is 66.0 cm³/mol. The number of nitrogens with zero attached hydrogens (tertiary/aromatic N) is 3. The van der Waals surface area contributed by atoms with Crippen molar-refractivity contribution in [3.8, 4) is 0 Å². The number of aryl methyl sites for hydroxylation is 1. The van der Waals surface area contributed by atoms with Crippen LogP contribution < -0.4 is 0 Å². The molecule has 1 aliphatic heterocycles. The highest BCUT2D eigenvalue weighted by Crippen LogP contribution is 2.30. The van der Waals surface area contributed by atoms with Crippen LogP contribution in [-0.4, -0.2) is 40.8 Å². The first-order valence-electron chi connectivity index (χ1n) is 6.98. The third-order valence-corrected chi connectivity index (χ3v) is 3.74. The minimum absolute atomic E-state index is 0.680. The molecule has 2 aliphatic rings. The average molecular weight is 251 g/mol. The molecule has 0 spiro atoms. The summed E-state index contributed by atoms with van der Waals surface area (Å²) in [6.45, 7) is 5.78. The molecule has 1 atom stereocenters. The third-order valence-electron chi connectivity index (χ3n) is 3.74. The van der Waals surface area contributed by atoms with Gasteiger partial charge in [-0.05, 0) is 25.2 Å². The van der Waals surface area contributed by atoms with Gasteiger partial charge in [0.1, 0.15) is 0 Å². The molecule has 1 aromatic rings. The number of ether oxygens (including phenoxy) is 1. The van der Waals surface area contributed by atoms with Gasteiger partial charge < -0.3 is 9.26 Å². The summed E-state index contributed by atoms with van der Waals surface area (Å²) >= 11 is 0. The first-order chi connectivity index (χ1) is 8.85. The van der Waals surface area contributed by atoms with Crippen molar-refractivity contribution in [3.63, 3.8) is 0 Å². The van der Waals surface area contributed by atoms with Crippen LogP contribution >= 0.6 is 0 Å². The van der Waals surface area contributed by atoms with Crippen LogP contribution in [0.2, 0.25) is 0 Å². The van der Waals surface area contributed by atoms with E-state index in [0.29, 0.717) is 5.92 Å². The van der Waals surface area contributed by atoms with Crippen molar-refractivity contribution in [2.24, 2.45) is 5.92 Å². The first-order valence-corrected chi connectivity index (χ1v) is 6.98. The second-order valence-electron chi connectivity index (χ2n) is 5.35. The molecule has 100 valence electrons. The molecule has 0 bridgehead atoms. The molecule has 0 amide bonds. The zero-order chi connectivity index (χ0) is 12.4. The molecule has 5 heteroatoms. The van der Waals surface area contributed by atoms with Crippen molar-refractivity contribution in [2.75, 3.05) is 19.8 Å². The highest BCUT2D eigenvalue weighted by atomic mass is 16.5. The molecule has 1 aliphatic carbocycles. The van der Waals surface area contributed by atoms with E-state index in [1.807, 2.05) is 6.92 Å². The maximum Gasteiger partial charge on any atom is 0.240 e. The number of hydrogen-bond donors (Lipinski definition) is 0. The van der Waals surface area contributed by atoms with Crippen LogP contribution in [0.5, 0.6) is 0 Å². The van der Waals surface area contributed by atoms with Crippen molar-refractivity contribution in [1.29, 1.82) is 0 Å². The largest absolute Gasteiger partial charge is 0.381 e. The summed E-state index contributed by atoms with van der Waals surface area (Å²) in [4.78, 5) is 6.89. The predicted octanol–water partition coefficient (Wildman–Crippen LogP) is 1.63. The zero-order valence-electron chi connectivity index (χ0n) is 11.0. The van der Waals surface area contributed by atoms with Gasteiger partial charge in [-0.2, -0.15) is 4.98 Å². The van der Waals surface area contributed by atoms with E-state index in [9.17, 15) is 0 Å². The van der Waals surface area contributed by atoms with Gasteiger partial charge in [-0.25, -0.2) is 0 Å². The Labute approximate surface area is 107 Å². The van der Waals surface area contributed by atoms with Crippen molar-refractivity contribution in [2.45, 2.75) is 45.2 Å².